The molecule has 2 aromatic rings. The Morgan fingerprint density at radius 2 is 1.91 bits per heavy atom. The fraction of sp³-hybridized carbons (Fsp3) is 0.312. The molecular formula is C16H20ClN3OS2. The van der Waals surface area contributed by atoms with Gasteiger partial charge in [-0.3, -0.25) is 4.79 Å². The molecule has 0 aliphatic rings. The van der Waals surface area contributed by atoms with Crippen LogP contribution >= 0.6 is 35.2 Å². The number of carbonyl (C=O) groups excluding carboxylic acids is 1. The Morgan fingerprint density at radius 3 is 2.30 bits per heavy atom. The van der Waals surface area contributed by atoms with Gasteiger partial charge in [-0.1, -0.05) is 24.3 Å². The molecule has 7 heteroatoms. The van der Waals surface area contributed by atoms with Crippen molar-refractivity contribution < 1.29 is 4.79 Å². The molecule has 1 heterocycles. The maximum absolute atomic E-state index is 9.98. The second-order valence-electron chi connectivity index (χ2n) is 4.85. The number of benzene rings is 1. The Kier molecular flexibility index (Phi) is 8.76. The highest BCUT2D eigenvalue weighted by Crippen LogP contribution is 2.12. The van der Waals surface area contributed by atoms with E-state index in [-0.39, 0.29) is 11.0 Å². The summed E-state index contributed by atoms with van der Waals surface area (Å²) in [5, 5.41) is 5.48. The highest BCUT2D eigenvalue weighted by atomic mass is 35.5. The molecular weight excluding hydrogens is 350 g/mol. The van der Waals surface area contributed by atoms with E-state index in [1.165, 1.54) is 23.7 Å². The predicted molar refractivity (Wildman–Crippen MR) is 101 cm³/mol. The molecule has 4 nitrogen and oxygen atoms in total. The first-order valence-corrected chi connectivity index (χ1v) is 8.84. The minimum absolute atomic E-state index is 0.0208. The Hall–Kier alpha value is -1.50. The lowest BCUT2D eigenvalue weighted by Crippen LogP contribution is -2.32. The number of rotatable bonds is 4. The van der Waals surface area contributed by atoms with Crippen LogP contribution in [0.15, 0.2) is 29.6 Å². The standard InChI is InChI=1S/C13H14ClNS.C3H6N2OS/c1-10-15-13(9-16-10)7-6-11-2-4-12(8-14)5-3-11;1-2(6)5-3(4)7/h2-5,9H,6-8H2,1H3;1H3,(H3,4,5,6,7). The van der Waals surface area contributed by atoms with Gasteiger partial charge in [0.25, 0.3) is 0 Å². The number of aromatic nitrogens is 1. The summed E-state index contributed by atoms with van der Waals surface area (Å²) in [6, 6.07) is 8.48. The number of carbonyl (C=O) groups is 1. The molecule has 1 aromatic heterocycles. The number of nitrogens with two attached hydrogens (primary N) is 1. The number of amides is 1. The van der Waals surface area contributed by atoms with Crippen molar-refractivity contribution in [1.82, 2.24) is 10.3 Å². The van der Waals surface area contributed by atoms with E-state index in [0.717, 1.165) is 17.8 Å². The van der Waals surface area contributed by atoms with Crippen LogP contribution in [0.25, 0.3) is 0 Å². The highest BCUT2D eigenvalue weighted by Gasteiger charge is 1.99. The minimum Gasteiger partial charge on any atom is -0.376 e. The number of nitrogens with zero attached hydrogens (tertiary/aromatic N) is 1. The minimum atomic E-state index is -0.229. The average molecular weight is 370 g/mol. The van der Waals surface area contributed by atoms with Crippen LogP contribution in [0.4, 0.5) is 0 Å². The van der Waals surface area contributed by atoms with E-state index in [9.17, 15) is 4.79 Å². The molecule has 0 fully saturated rings. The molecule has 0 radical (unpaired) electrons. The summed E-state index contributed by atoms with van der Waals surface area (Å²) in [5.41, 5.74) is 8.61. The third-order valence-electron chi connectivity index (χ3n) is 2.81. The Morgan fingerprint density at radius 1 is 1.30 bits per heavy atom. The number of hydrogen-bond donors (Lipinski definition) is 2. The van der Waals surface area contributed by atoms with E-state index in [2.05, 4.69) is 52.2 Å². The van der Waals surface area contributed by atoms with Crippen LogP contribution in [0.1, 0.15) is 28.8 Å². The van der Waals surface area contributed by atoms with Gasteiger partial charge in [0.05, 0.1) is 10.7 Å². The predicted octanol–water partition coefficient (Wildman–Crippen LogP) is 3.34. The van der Waals surface area contributed by atoms with Crippen LogP contribution in [-0.4, -0.2) is 16.0 Å². The fourth-order valence-electron chi connectivity index (χ4n) is 1.76. The van der Waals surface area contributed by atoms with Gasteiger partial charge < -0.3 is 11.1 Å². The van der Waals surface area contributed by atoms with E-state index in [0.29, 0.717) is 5.88 Å². The lowest BCUT2D eigenvalue weighted by atomic mass is 10.1. The van der Waals surface area contributed by atoms with Gasteiger partial charge in [-0.05, 0) is 43.1 Å². The van der Waals surface area contributed by atoms with Crippen molar-refractivity contribution >= 4 is 46.2 Å². The summed E-state index contributed by atoms with van der Waals surface area (Å²) >= 11 is 11.8. The molecule has 1 amide bonds. The van der Waals surface area contributed by atoms with Gasteiger partial charge in [-0.2, -0.15) is 0 Å². The topological polar surface area (TPSA) is 68.0 Å². The first-order valence-electron chi connectivity index (χ1n) is 7.02. The normalized spacial score (nSPS) is 9.70. The van der Waals surface area contributed by atoms with Crippen molar-refractivity contribution in [2.45, 2.75) is 32.6 Å². The van der Waals surface area contributed by atoms with Gasteiger partial charge in [0.1, 0.15) is 0 Å². The second-order valence-corrected chi connectivity index (χ2v) is 6.62. The number of halogens is 1. The van der Waals surface area contributed by atoms with Crippen molar-refractivity contribution in [3.63, 3.8) is 0 Å². The van der Waals surface area contributed by atoms with Crippen LogP contribution in [0.2, 0.25) is 0 Å². The van der Waals surface area contributed by atoms with Crippen molar-refractivity contribution in [2.75, 3.05) is 0 Å². The Bertz CT molecular complexity index is 629. The van der Waals surface area contributed by atoms with Gasteiger partial charge in [0.15, 0.2) is 5.11 Å². The van der Waals surface area contributed by atoms with E-state index in [4.69, 9.17) is 17.3 Å². The van der Waals surface area contributed by atoms with Crippen LogP contribution in [0.5, 0.6) is 0 Å². The largest absolute Gasteiger partial charge is 0.376 e. The van der Waals surface area contributed by atoms with Crippen LogP contribution < -0.4 is 11.1 Å². The molecule has 0 saturated heterocycles. The number of nitrogens with one attached hydrogen (secondary N) is 1. The number of hydrogen-bond acceptors (Lipinski definition) is 4. The van der Waals surface area contributed by atoms with Gasteiger partial charge in [0.2, 0.25) is 5.91 Å². The summed E-state index contributed by atoms with van der Waals surface area (Å²) in [6.07, 6.45) is 2.07. The van der Waals surface area contributed by atoms with Crippen molar-refractivity contribution in [1.29, 1.82) is 0 Å². The zero-order valence-electron chi connectivity index (χ0n) is 13.1. The Balaban J connectivity index is 0.000000322. The number of thiazole rings is 1. The van der Waals surface area contributed by atoms with Crippen LogP contribution in [0.3, 0.4) is 0 Å². The molecule has 0 unspecified atom stereocenters. The van der Waals surface area contributed by atoms with Gasteiger partial charge >= 0.3 is 0 Å². The molecule has 3 N–H and O–H groups in total. The fourth-order valence-corrected chi connectivity index (χ4v) is 2.73. The third kappa shape index (κ3) is 8.64. The summed E-state index contributed by atoms with van der Waals surface area (Å²) < 4.78 is 0. The molecule has 0 aliphatic heterocycles. The molecule has 23 heavy (non-hydrogen) atoms. The van der Waals surface area contributed by atoms with Crippen molar-refractivity contribution in [3.05, 3.63) is 51.5 Å². The quantitative estimate of drug-likeness (QED) is 0.640. The number of aryl methyl sites for hydroxylation is 3. The van der Waals surface area contributed by atoms with E-state index >= 15 is 0 Å². The molecule has 0 aliphatic carbocycles. The molecule has 1 aromatic carbocycles. The molecule has 0 atom stereocenters. The lowest BCUT2D eigenvalue weighted by Gasteiger charge is -2.00. The maximum atomic E-state index is 9.98. The first kappa shape index (κ1) is 19.5. The summed E-state index contributed by atoms with van der Waals surface area (Å²) in [7, 11) is 0. The number of thiocarbonyl (C=S) groups is 1. The maximum Gasteiger partial charge on any atom is 0.222 e. The zero-order chi connectivity index (χ0) is 17.2. The SMILES string of the molecule is CC(=O)NC(N)=S.Cc1nc(CCc2ccc(CCl)cc2)cs1. The summed E-state index contributed by atoms with van der Waals surface area (Å²) in [6.45, 7) is 3.39. The van der Waals surface area contributed by atoms with Crippen LogP contribution in [0, 0.1) is 6.92 Å². The smallest absolute Gasteiger partial charge is 0.222 e. The van der Waals surface area contributed by atoms with E-state index in [1.807, 2.05) is 6.92 Å². The average Bonchev–Trinajstić information content (AvgIpc) is 2.90. The lowest BCUT2D eigenvalue weighted by molar-refractivity contribution is -0.117. The van der Waals surface area contributed by atoms with Crippen molar-refractivity contribution in [3.8, 4) is 0 Å². The first-order chi connectivity index (χ1) is 10.9. The molecule has 124 valence electrons. The molecule has 0 bridgehead atoms. The molecule has 0 saturated carbocycles. The third-order valence-corrected chi connectivity index (χ3v) is 4.05. The van der Waals surface area contributed by atoms with Gasteiger partial charge in [-0.15, -0.1) is 22.9 Å². The van der Waals surface area contributed by atoms with Gasteiger partial charge in [-0.25, -0.2) is 4.98 Å². The Labute approximate surface area is 151 Å². The molecule has 0 spiro atoms. The second kappa shape index (κ2) is 10.3. The van der Waals surface area contributed by atoms with E-state index < -0.39 is 0 Å². The van der Waals surface area contributed by atoms with Gasteiger partial charge in [0, 0.05) is 18.2 Å². The zero-order valence-corrected chi connectivity index (χ0v) is 15.5. The van der Waals surface area contributed by atoms with E-state index in [1.54, 1.807) is 11.3 Å². The summed E-state index contributed by atoms with van der Waals surface area (Å²) in [4.78, 5) is 14.4. The summed E-state index contributed by atoms with van der Waals surface area (Å²) in [5.74, 6) is 0.360. The highest BCUT2D eigenvalue weighted by molar-refractivity contribution is 7.80. The molecule has 2 rings (SSSR count). The monoisotopic (exact) mass is 369 g/mol. The van der Waals surface area contributed by atoms with Crippen LogP contribution in [-0.2, 0) is 23.5 Å². The van der Waals surface area contributed by atoms with Crippen molar-refractivity contribution in [2.24, 2.45) is 5.73 Å². The number of alkyl halides is 1.